The van der Waals surface area contributed by atoms with E-state index in [4.69, 9.17) is 9.47 Å². The third-order valence-corrected chi connectivity index (χ3v) is 7.46. The highest BCUT2D eigenvalue weighted by Gasteiger charge is 2.33. The highest BCUT2D eigenvalue weighted by atomic mass is 16.5. The molecule has 35 heavy (non-hydrogen) atoms. The van der Waals surface area contributed by atoms with Crippen molar-refractivity contribution < 1.29 is 14.6 Å². The van der Waals surface area contributed by atoms with E-state index >= 15 is 0 Å². The fraction of sp³-hybridized carbons (Fsp3) is 0.419. The number of nitrogens with zero attached hydrogens (tertiary/aromatic N) is 1. The Kier molecular flexibility index (Phi) is 7.89. The minimum absolute atomic E-state index is 0.159. The van der Waals surface area contributed by atoms with Crippen molar-refractivity contribution in [2.75, 3.05) is 32.8 Å². The van der Waals surface area contributed by atoms with E-state index in [2.05, 4.69) is 53.4 Å². The second kappa shape index (κ2) is 11.6. The molecule has 0 saturated carbocycles. The summed E-state index contributed by atoms with van der Waals surface area (Å²) in [4.78, 5) is 2.60. The second-order valence-corrected chi connectivity index (χ2v) is 9.91. The van der Waals surface area contributed by atoms with Gasteiger partial charge in [-0.3, -0.25) is 0 Å². The molecule has 0 bridgehead atoms. The fourth-order valence-corrected chi connectivity index (χ4v) is 5.56. The van der Waals surface area contributed by atoms with E-state index in [9.17, 15) is 5.11 Å². The lowest BCUT2D eigenvalue weighted by atomic mass is 9.76. The van der Waals surface area contributed by atoms with Crippen LogP contribution in [0.4, 0.5) is 0 Å². The third kappa shape index (κ3) is 5.99. The summed E-state index contributed by atoms with van der Waals surface area (Å²) in [7, 11) is 0. The van der Waals surface area contributed by atoms with Crippen molar-refractivity contribution in [3.05, 3.63) is 89.5 Å². The van der Waals surface area contributed by atoms with Gasteiger partial charge in [0.15, 0.2) is 0 Å². The molecular weight excluding hydrogens is 434 g/mol. The van der Waals surface area contributed by atoms with Gasteiger partial charge in [-0.15, -0.1) is 0 Å². The molecule has 2 heterocycles. The summed E-state index contributed by atoms with van der Waals surface area (Å²) in [5.74, 6) is 2.31. The topological polar surface area (TPSA) is 41.9 Å². The predicted octanol–water partition coefficient (Wildman–Crippen LogP) is 6.74. The highest BCUT2D eigenvalue weighted by molar-refractivity contribution is 5.50. The van der Waals surface area contributed by atoms with Gasteiger partial charge >= 0.3 is 0 Å². The summed E-state index contributed by atoms with van der Waals surface area (Å²) in [6.45, 7) is 5.22. The largest absolute Gasteiger partial charge is 0.508 e. The Morgan fingerprint density at radius 2 is 1.60 bits per heavy atom. The molecule has 2 unspecified atom stereocenters. The number of hydrogen-bond acceptors (Lipinski definition) is 4. The average Bonchev–Trinajstić information content (AvgIpc) is 3.42. The molecule has 2 atom stereocenters. The molecule has 0 aromatic heterocycles. The van der Waals surface area contributed by atoms with Crippen LogP contribution in [0.2, 0.25) is 0 Å². The van der Waals surface area contributed by atoms with E-state index in [1.54, 1.807) is 12.1 Å². The maximum Gasteiger partial charge on any atom is 0.126 e. The highest BCUT2D eigenvalue weighted by Crippen LogP contribution is 2.47. The zero-order valence-corrected chi connectivity index (χ0v) is 20.6. The summed E-state index contributed by atoms with van der Waals surface area (Å²) in [6, 6.07) is 24.6. The number of rotatable bonds is 10. The molecule has 4 heteroatoms. The van der Waals surface area contributed by atoms with Gasteiger partial charge in [-0.25, -0.2) is 0 Å². The number of benzene rings is 3. The van der Waals surface area contributed by atoms with E-state index in [1.165, 1.54) is 62.9 Å². The summed E-state index contributed by atoms with van der Waals surface area (Å²) >= 11 is 0. The van der Waals surface area contributed by atoms with Crippen LogP contribution in [-0.2, 0) is 0 Å². The van der Waals surface area contributed by atoms with Crippen molar-refractivity contribution in [1.29, 1.82) is 0 Å². The summed E-state index contributed by atoms with van der Waals surface area (Å²) in [5.41, 5.74) is 3.62. The lowest BCUT2D eigenvalue weighted by molar-refractivity contribution is 0.247. The van der Waals surface area contributed by atoms with Gasteiger partial charge in [0.25, 0.3) is 0 Å². The van der Waals surface area contributed by atoms with Crippen molar-refractivity contribution in [3.63, 3.8) is 0 Å². The van der Waals surface area contributed by atoms with Gasteiger partial charge in [-0.2, -0.15) is 0 Å². The van der Waals surface area contributed by atoms with Crippen LogP contribution in [-0.4, -0.2) is 42.9 Å². The van der Waals surface area contributed by atoms with Crippen molar-refractivity contribution in [1.82, 2.24) is 4.90 Å². The molecule has 1 N–H and O–H groups in total. The molecule has 1 saturated heterocycles. The molecule has 5 rings (SSSR count). The summed E-state index contributed by atoms with van der Waals surface area (Å²) in [6.07, 6.45) is 7.69. The number of likely N-dealkylation sites (tertiary alicyclic amines) is 1. The quantitative estimate of drug-likeness (QED) is 0.333. The Morgan fingerprint density at radius 1 is 0.829 bits per heavy atom. The van der Waals surface area contributed by atoms with E-state index in [-0.39, 0.29) is 17.6 Å². The SMILES string of the molecule is Oc1ccc2c(c1)OCC(c1ccccc1)C2c1ccc(OCCCCCCN2CCCC2)cc1. The van der Waals surface area contributed by atoms with E-state index in [1.807, 2.05) is 12.1 Å². The first-order valence-electron chi connectivity index (χ1n) is 13.2. The van der Waals surface area contributed by atoms with Crippen LogP contribution in [0.25, 0.3) is 0 Å². The first-order chi connectivity index (χ1) is 17.3. The normalized spacial score (nSPS) is 19.8. The van der Waals surface area contributed by atoms with Crippen LogP contribution >= 0.6 is 0 Å². The number of hydrogen-bond donors (Lipinski definition) is 1. The van der Waals surface area contributed by atoms with Gasteiger partial charge in [0.05, 0.1) is 13.2 Å². The molecule has 0 amide bonds. The molecule has 0 spiro atoms. The molecule has 2 aliphatic heterocycles. The molecule has 2 aliphatic rings. The van der Waals surface area contributed by atoms with Crippen LogP contribution in [0, 0.1) is 0 Å². The van der Waals surface area contributed by atoms with Crippen LogP contribution in [0.3, 0.4) is 0 Å². The van der Waals surface area contributed by atoms with Gasteiger partial charge in [-0.05, 0) is 74.6 Å². The Bertz CT molecular complexity index is 1060. The standard InChI is InChI=1S/C31H37NO3/c33-26-14-17-28-30(22-26)35-23-29(24-10-4-3-5-11-24)31(28)25-12-15-27(16-13-25)34-21-9-2-1-6-18-32-19-7-8-20-32/h3-5,10-17,22,29,31,33H,1-2,6-9,18-21,23H2. The van der Waals surface area contributed by atoms with Gasteiger partial charge in [0.1, 0.15) is 17.2 Å². The maximum absolute atomic E-state index is 9.97. The number of aromatic hydroxyl groups is 1. The van der Waals surface area contributed by atoms with Crippen molar-refractivity contribution in [2.45, 2.75) is 50.4 Å². The van der Waals surface area contributed by atoms with Crippen LogP contribution in [0.1, 0.15) is 67.1 Å². The van der Waals surface area contributed by atoms with E-state index in [0.29, 0.717) is 6.61 Å². The smallest absolute Gasteiger partial charge is 0.126 e. The Hall–Kier alpha value is -2.98. The minimum atomic E-state index is 0.159. The fourth-order valence-electron chi connectivity index (χ4n) is 5.56. The van der Waals surface area contributed by atoms with Gasteiger partial charge in [0.2, 0.25) is 0 Å². The summed E-state index contributed by atoms with van der Waals surface area (Å²) in [5, 5.41) is 9.97. The lowest BCUT2D eigenvalue weighted by Crippen LogP contribution is -2.25. The molecule has 0 radical (unpaired) electrons. The Labute approximate surface area is 209 Å². The minimum Gasteiger partial charge on any atom is -0.508 e. The lowest BCUT2D eigenvalue weighted by Gasteiger charge is -2.34. The van der Waals surface area contributed by atoms with Gasteiger partial charge in [-0.1, -0.05) is 61.4 Å². The zero-order valence-electron chi connectivity index (χ0n) is 20.6. The number of phenols is 1. The Morgan fingerprint density at radius 3 is 2.40 bits per heavy atom. The monoisotopic (exact) mass is 471 g/mol. The molecule has 4 nitrogen and oxygen atoms in total. The first-order valence-corrected chi connectivity index (χ1v) is 13.2. The van der Waals surface area contributed by atoms with E-state index < -0.39 is 0 Å². The Balaban J connectivity index is 1.19. The molecule has 184 valence electrons. The molecule has 0 aliphatic carbocycles. The number of unbranched alkanes of at least 4 members (excludes halogenated alkanes) is 3. The van der Waals surface area contributed by atoms with Crippen molar-refractivity contribution in [2.24, 2.45) is 0 Å². The molecule has 1 fully saturated rings. The molecule has 3 aromatic carbocycles. The van der Waals surface area contributed by atoms with Crippen LogP contribution in [0.5, 0.6) is 17.2 Å². The first kappa shape index (κ1) is 23.7. The maximum atomic E-state index is 9.97. The zero-order chi connectivity index (χ0) is 23.9. The number of phenolic OH excluding ortho intramolecular Hbond substituents is 1. The van der Waals surface area contributed by atoms with Crippen molar-refractivity contribution in [3.8, 4) is 17.2 Å². The molecular formula is C31H37NO3. The summed E-state index contributed by atoms with van der Waals surface area (Å²) < 4.78 is 12.1. The number of ether oxygens (including phenoxy) is 2. The van der Waals surface area contributed by atoms with E-state index in [0.717, 1.165) is 30.1 Å². The van der Waals surface area contributed by atoms with Gasteiger partial charge < -0.3 is 19.5 Å². The van der Waals surface area contributed by atoms with Crippen LogP contribution < -0.4 is 9.47 Å². The third-order valence-electron chi connectivity index (χ3n) is 7.46. The predicted molar refractivity (Wildman–Crippen MR) is 141 cm³/mol. The average molecular weight is 472 g/mol. The van der Waals surface area contributed by atoms with Gasteiger partial charge in [0, 0.05) is 23.5 Å². The van der Waals surface area contributed by atoms with Crippen molar-refractivity contribution >= 4 is 0 Å². The number of fused-ring (bicyclic) bond motifs is 1. The molecule has 3 aromatic rings. The van der Waals surface area contributed by atoms with Crippen LogP contribution in [0.15, 0.2) is 72.8 Å². The second-order valence-electron chi connectivity index (χ2n) is 9.91.